The average Bonchev–Trinajstić information content (AvgIpc) is 1.55. The average molecular weight is 131 g/mol. The zero-order valence-electron chi connectivity index (χ0n) is 6.32. The van der Waals surface area contributed by atoms with Gasteiger partial charge in [0.2, 0.25) is 0 Å². The summed E-state index contributed by atoms with van der Waals surface area (Å²) in [6.07, 6.45) is -0.566. The molecule has 0 aromatic heterocycles. The molecule has 0 unspecified atom stereocenters. The van der Waals surface area contributed by atoms with E-state index in [1.807, 2.05) is 0 Å². The van der Waals surface area contributed by atoms with Crippen molar-refractivity contribution in [2.24, 2.45) is 0 Å². The first-order chi connectivity index (χ1) is 4.00. The molecule has 1 heterocycles. The first-order valence-electron chi connectivity index (χ1n) is 3.39. The molecule has 1 aliphatic heterocycles. The van der Waals surface area contributed by atoms with E-state index in [0.717, 1.165) is 0 Å². The van der Waals surface area contributed by atoms with Crippen molar-refractivity contribution in [1.82, 2.24) is 4.90 Å². The van der Waals surface area contributed by atoms with E-state index in [1.165, 1.54) is 0 Å². The van der Waals surface area contributed by atoms with Crippen molar-refractivity contribution in [1.29, 1.82) is 0 Å². The van der Waals surface area contributed by atoms with Crippen LogP contribution in [-0.2, 0) is 0 Å². The Hall–Kier alpha value is -0.110. The molecule has 0 radical (unpaired) electrons. The monoisotopic (exact) mass is 131 g/mol. The van der Waals surface area contributed by atoms with Crippen LogP contribution in [0.25, 0.3) is 0 Å². The van der Waals surface area contributed by atoms with E-state index in [0.29, 0.717) is 13.1 Å². The summed E-state index contributed by atoms with van der Waals surface area (Å²) >= 11 is 0. The Morgan fingerprint density at radius 2 is 1.78 bits per heavy atom. The smallest absolute Gasteiger partial charge is 0.125 e. The summed E-state index contributed by atoms with van der Waals surface area (Å²) in [5, 5.41) is 0. The van der Waals surface area contributed by atoms with Gasteiger partial charge in [-0.25, -0.2) is 4.39 Å². The van der Waals surface area contributed by atoms with Crippen LogP contribution in [0.15, 0.2) is 0 Å². The maximum atomic E-state index is 12.3. The van der Waals surface area contributed by atoms with Crippen LogP contribution in [0.2, 0.25) is 0 Å². The molecule has 0 aromatic rings. The minimum Gasteiger partial charge on any atom is -0.293 e. The van der Waals surface area contributed by atoms with Gasteiger partial charge in [-0.15, -0.1) is 0 Å². The highest BCUT2D eigenvalue weighted by atomic mass is 19.1. The van der Waals surface area contributed by atoms with E-state index in [4.69, 9.17) is 0 Å². The second-order valence-corrected chi connectivity index (χ2v) is 3.67. The molecule has 0 bridgehead atoms. The molecule has 0 saturated carbocycles. The minimum absolute atomic E-state index is 0.169. The van der Waals surface area contributed by atoms with Crippen LogP contribution < -0.4 is 0 Å². The maximum Gasteiger partial charge on any atom is 0.125 e. The van der Waals surface area contributed by atoms with Gasteiger partial charge in [-0.05, 0) is 20.8 Å². The van der Waals surface area contributed by atoms with Crippen molar-refractivity contribution in [2.45, 2.75) is 32.5 Å². The molecule has 1 aliphatic rings. The normalized spacial score (nSPS) is 24.0. The topological polar surface area (TPSA) is 3.24 Å². The van der Waals surface area contributed by atoms with Crippen molar-refractivity contribution in [3.63, 3.8) is 0 Å². The van der Waals surface area contributed by atoms with Crippen LogP contribution in [0.4, 0.5) is 4.39 Å². The predicted octanol–water partition coefficient (Wildman–Crippen LogP) is 1.44. The molecule has 0 amide bonds. The molecular formula is C7H14FN. The van der Waals surface area contributed by atoms with E-state index in [-0.39, 0.29) is 5.54 Å². The summed E-state index contributed by atoms with van der Waals surface area (Å²) in [6.45, 7) is 7.59. The molecular weight excluding hydrogens is 117 g/mol. The second-order valence-electron chi connectivity index (χ2n) is 3.67. The van der Waals surface area contributed by atoms with Crippen LogP contribution in [0.3, 0.4) is 0 Å². The third-order valence-corrected chi connectivity index (χ3v) is 1.79. The van der Waals surface area contributed by atoms with Crippen molar-refractivity contribution in [3.8, 4) is 0 Å². The summed E-state index contributed by atoms with van der Waals surface area (Å²) in [5.41, 5.74) is 0.169. The molecule has 0 N–H and O–H groups in total. The van der Waals surface area contributed by atoms with Gasteiger partial charge < -0.3 is 0 Å². The third-order valence-electron chi connectivity index (χ3n) is 1.79. The Kier molecular flexibility index (Phi) is 1.51. The molecule has 9 heavy (non-hydrogen) atoms. The third kappa shape index (κ3) is 1.42. The van der Waals surface area contributed by atoms with E-state index < -0.39 is 6.17 Å². The number of alkyl halides is 1. The summed E-state index contributed by atoms with van der Waals surface area (Å²) in [7, 11) is 0. The Labute approximate surface area is 55.8 Å². The molecule has 54 valence electrons. The predicted molar refractivity (Wildman–Crippen MR) is 36.2 cm³/mol. The Morgan fingerprint density at radius 1 is 1.33 bits per heavy atom. The maximum absolute atomic E-state index is 12.3. The number of nitrogens with zero attached hydrogens (tertiary/aromatic N) is 1. The Morgan fingerprint density at radius 3 is 1.89 bits per heavy atom. The van der Waals surface area contributed by atoms with Crippen LogP contribution in [-0.4, -0.2) is 29.7 Å². The van der Waals surface area contributed by atoms with Crippen molar-refractivity contribution in [3.05, 3.63) is 0 Å². The molecule has 2 heteroatoms. The number of rotatable bonds is 0. The van der Waals surface area contributed by atoms with Gasteiger partial charge in [0, 0.05) is 18.6 Å². The van der Waals surface area contributed by atoms with Crippen LogP contribution in [0, 0.1) is 0 Å². The summed E-state index contributed by atoms with van der Waals surface area (Å²) in [4.78, 5) is 2.14. The summed E-state index contributed by atoms with van der Waals surface area (Å²) < 4.78 is 12.3. The van der Waals surface area contributed by atoms with Crippen LogP contribution in [0.5, 0.6) is 0 Å². The van der Waals surface area contributed by atoms with Gasteiger partial charge >= 0.3 is 0 Å². The van der Waals surface area contributed by atoms with Crippen LogP contribution >= 0.6 is 0 Å². The highest BCUT2D eigenvalue weighted by Gasteiger charge is 2.33. The fourth-order valence-corrected chi connectivity index (χ4v) is 0.973. The first kappa shape index (κ1) is 7.00. The van der Waals surface area contributed by atoms with E-state index in [1.54, 1.807) is 0 Å². The van der Waals surface area contributed by atoms with Crippen molar-refractivity contribution >= 4 is 0 Å². The molecule has 0 aliphatic carbocycles. The fraction of sp³-hybridized carbons (Fsp3) is 1.00. The summed E-state index contributed by atoms with van der Waals surface area (Å²) in [5.74, 6) is 0. The number of halogens is 1. The van der Waals surface area contributed by atoms with Crippen molar-refractivity contribution in [2.75, 3.05) is 13.1 Å². The molecule has 1 fully saturated rings. The Balaban J connectivity index is 2.32. The van der Waals surface area contributed by atoms with Crippen molar-refractivity contribution < 1.29 is 4.39 Å². The highest BCUT2D eigenvalue weighted by molar-refractivity contribution is 4.88. The zero-order chi connectivity index (χ0) is 7.07. The zero-order valence-corrected chi connectivity index (χ0v) is 6.32. The first-order valence-corrected chi connectivity index (χ1v) is 3.39. The molecule has 0 aromatic carbocycles. The number of likely N-dealkylation sites (tertiary alicyclic amines) is 1. The lowest BCUT2D eigenvalue weighted by molar-refractivity contribution is -0.00481. The quantitative estimate of drug-likeness (QED) is 0.481. The highest BCUT2D eigenvalue weighted by Crippen LogP contribution is 2.22. The fourth-order valence-electron chi connectivity index (χ4n) is 0.973. The van der Waals surface area contributed by atoms with Crippen LogP contribution in [0.1, 0.15) is 20.8 Å². The molecule has 1 rings (SSSR count). The molecule has 1 nitrogen and oxygen atoms in total. The lowest BCUT2D eigenvalue weighted by Gasteiger charge is -2.44. The largest absolute Gasteiger partial charge is 0.293 e. The lowest BCUT2D eigenvalue weighted by atomic mass is 10.0. The van der Waals surface area contributed by atoms with E-state index >= 15 is 0 Å². The van der Waals surface area contributed by atoms with Gasteiger partial charge in [0.25, 0.3) is 0 Å². The van der Waals surface area contributed by atoms with Gasteiger partial charge in [0.1, 0.15) is 6.17 Å². The number of hydrogen-bond donors (Lipinski definition) is 0. The molecule has 1 saturated heterocycles. The molecule has 0 spiro atoms. The van der Waals surface area contributed by atoms with Gasteiger partial charge in [-0.1, -0.05) is 0 Å². The van der Waals surface area contributed by atoms with Gasteiger partial charge in [-0.2, -0.15) is 0 Å². The van der Waals surface area contributed by atoms with Gasteiger partial charge in [-0.3, -0.25) is 4.90 Å². The summed E-state index contributed by atoms with van der Waals surface area (Å²) in [6, 6.07) is 0. The van der Waals surface area contributed by atoms with E-state index in [2.05, 4.69) is 25.7 Å². The van der Waals surface area contributed by atoms with Gasteiger partial charge in [0.05, 0.1) is 0 Å². The molecule has 0 atom stereocenters. The minimum atomic E-state index is -0.566. The standard InChI is InChI=1S/C7H14FN/c1-7(2,3)9-4-6(8)5-9/h6H,4-5H2,1-3H3. The lowest BCUT2D eigenvalue weighted by Crippen LogP contribution is -2.57. The second kappa shape index (κ2) is 1.94. The van der Waals surface area contributed by atoms with Gasteiger partial charge in [0.15, 0.2) is 0 Å². The number of hydrogen-bond acceptors (Lipinski definition) is 1. The Bertz CT molecular complexity index is 100.0. The SMILES string of the molecule is CC(C)(C)N1CC(F)C1. The van der Waals surface area contributed by atoms with E-state index in [9.17, 15) is 4.39 Å².